The van der Waals surface area contributed by atoms with Gasteiger partial charge in [0.2, 0.25) is 5.91 Å². The lowest BCUT2D eigenvalue weighted by atomic mass is 10.1. The largest absolute Gasteiger partial charge is 0.355 e. The molecular weight excluding hydrogens is 583 g/mol. The van der Waals surface area contributed by atoms with E-state index in [0.717, 1.165) is 0 Å². The van der Waals surface area contributed by atoms with Crippen molar-refractivity contribution in [1.82, 2.24) is 34.3 Å². The Hall–Kier alpha value is -4.22. The summed E-state index contributed by atoms with van der Waals surface area (Å²) < 4.78 is 16.5. The van der Waals surface area contributed by atoms with E-state index in [1.807, 2.05) is 51.6 Å². The van der Waals surface area contributed by atoms with Gasteiger partial charge in [-0.15, -0.1) is 0 Å². The zero-order chi connectivity index (χ0) is 31.9. The van der Waals surface area contributed by atoms with Crippen molar-refractivity contribution in [1.29, 1.82) is 0 Å². The van der Waals surface area contributed by atoms with Gasteiger partial charge in [-0.1, -0.05) is 44.2 Å². The highest BCUT2D eigenvalue weighted by molar-refractivity contribution is 6.33. The van der Waals surface area contributed by atoms with Crippen LogP contribution in [0.4, 0.5) is 10.2 Å². The fourth-order valence-electron chi connectivity index (χ4n) is 5.73. The van der Waals surface area contributed by atoms with E-state index in [0.29, 0.717) is 47.9 Å². The summed E-state index contributed by atoms with van der Waals surface area (Å²) in [4.78, 5) is 51.1. The maximum absolute atomic E-state index is 15.1. The average molecular weight is 619 g/mol. The second-order valence-corrected chi connectivity index (χ2v) is 12.1. The lowest BCUT2D eigenvalue weighted by Gasteiger charge is -2.44. The summed E-state index contributed by atoms with van der Waals surface area (Å²) in [5, 5.41) is 0.713. The second-order valence-electron chi connectivity index (χ2n) is 11.7. The Labute approximate surface area is 260 Å². The van der Waals surface area contributed by atoms with Gasteiger partial charge in [0, 0.05) is 37.3 Å². The van der Waals surface area contributed by atoms with Gasteiger partial charge in [-0.3, -0.25) is 4.79 Å². The minimum atomic E-state index is -0.581. The quantitative estimate of drug-likeness (QED) is 0.272. The SMILES string of the molecule is C=CC(=O)N1CC(C)N(c2nc(=O)n(-c3c(CN(C)C)ncnc3C(C)C)c3nc(-c4ccccc4F)c(Cl)cc23)CC1C. The lowest BCUT2D eigenvalue weighted by molar-refractivity contribution is -0.128. The first-order valence-electron chi connectivity index (χ1n) is 14.5. The zero-order valence-electron chi connectivity index (χ0n) is 25.8. The number of carbonyl (C=O) groups excluding carboxylic acids is 1. The molecule has 0 saturated carbocycles. The van der Waals surface area contributed by atoms with Crippen molar-refractivity contribution in [3.05, 3.63) is 82.0 Å². The number of benzene rings is 1. The molecule has 12 heteroatoms. The van der Waals surface area contributed by atoms with Crippen LogP contribution in [0.15, 0.2) is 54.1 Å². The number of anilines is 1. The first kappa shape index (κ1) is 31.2. The molecular formula is C32H36ClFN8O2. The number of pyridine rings is 1. The first-order chi connectivity index (χ1) is 20.9. The number of carbonyl (C=O) groups is 1. The van der Waals surface area contributed by atoms with E-state index in [1.165, 1.54) is 23.0 Å². The molecule has 4 heterocycles. The Kier molecular flexibility index (Phi) is 8.80. The topological polar surface area (TPSA) is 100 Å². The van der Waals surface area contributed by atoms with Crippen molar-refractivity contribution in [3.8, 4) is 16.9 Å². The van der Waals surface area contributed by atoms with Crippen LogP contribution < -0.4 is 10.6 Å². The van der Waals surface area contributed by atoms with Crippen molar-refractivity contribution in [2.75, 3.05) is 32.1 Å². The van der Waals surface area contributed by atoms with Crippen LogP contribution in [0.1, 0.15) is 45.0 Å². The summed E-state index contributed by atoms with van der Waals surface area (Å²) in [6, 6.07) is 7.55. The molecule has 10 nitrogen and oxygen atoms in total. The molecule has 230 valence electrons. The Morgan fingerprint density at radius 3 is 2.55 bits per heavy atom. The van der Waals surface area contributed by atoms with Gasteiger partial charge in [0.15, 0.2) is 5.65 Å². The van der Waals surface area contributed by atoms with E-state index >= 15 is 4.39 Å². The van der Waals surface area contributed by atoms with Crippen LogP contribution in [0, 0.1) is 5.82 Å². The molecule has 1 saturated heterocycles. The standard InChI is InChI=1S/C32H36ClFN8O2/c1-8-26(43)40-14-20(5)41(15-19(40)4)30-22-13-23(33)28(21-11-9-10-12-24(21)34)37-31(22)42(32(44)38-30)29-25(16-39(6)7)35-17-36-27(29)18(2)3/h8-13,17-20H,1,14-16H2,2-7H3. The molecule has 0 radical (unpaired) electrons. The van der Waals surface area contributed by atoms with Crippen LogP contribution >= 0.6 is 11.6 Å². The van der Waals surface area contributed by atoms with E-state index in [-0.39, 0.29) is 45.8 Å². The highest BCUT2D eigenvalue weighted by Gasteiger charge is 2.34. The third kappa shape index (κ3) is 5.69. The smallest absolute Gasteiger partial charge is 0.349 e. The number of nitrogens with zero attached hydrogens (tertiary/aromatic N) is 8. The van der Waals surface area contributed by atoms with Crippen molar-refractivity contribution in [2.24, 2.45) is 0 Å². The minimum absolute atomic E-state index is 0.0646. The van der Waals surface area contributed by atoms with Gasteiger partial charge >= 0.3 is 5.69 Å². The maximum atomic E-state index is 15.1. The van der Waals surface area contributed by atoms with Gasteiger partial charge in [-0.25, -0.2) is 28.7 Å². The van der Waals surface area contributed by atoms with Crippen molar-refractivity contribution in [3.63, 3.8) is 0 Å². The summed E-state index contributed by atoms with van der Waals surface area (Å²) in [6.07, 6.45) is 2.80. The fraction of sp³-hybridized carbons (Fsp3) is 0.375. The summed E-state index contributed by atoms with van der Waals surface area (Å²) in [7, 11) is 3.83. The number of fused-ring (bicyclic) bond motifs is 1. The normalized spacial score (nSPS) is 17.1. The zero-order valence-corrected chi connectivity index (χ0v) is 26.5. The molecule has 4 aromatic rings. The van der Waals surface area contributed by atoms with E-state index in [2.05, 4.69) is 21.5 Å². The van der Waals surface area contributed by atoms with Crippen LogP contribution in [0.3, 0.4) is 0 Å². The molecule has 0 spiro atoms. The molecule has 5 rings (SSSR count). The second kappa shape index (κ2) is 12.4. The molecule has 3 aromatic heterocycles. The van der Waals surface area contributed by atoms with E-state index in [1.54, 1.807) is 29.2 Å². The van der Waals surface area contributed by atoms with E-state index in [9.17, 15) is 9.59 Å². The number of hydrogen-bond donors (Lipinski definition) is 0. The maximum Gasteiger partial charge on any atom is 0.355 e. The average Bonchev–Trinajstić information content (AvgIpc) is 2.97. The van der Waals surface area contributed by atoms with Crippen molar-refractivity contribution >= 4 is 34.4 Å². The number of aromatic nitrogens is 5. The Balaban J connectivity index is 1.85. The van der Waals surface area contributed by atoms with Crippen LogP contribution in [0.5, 0.6) is 0 Å². The van der Waals surface area contributed by atoms with Gasteiger partial charge in [0.25, 0.3) is 0 Å². The molecule has 1 aromatic carbocycles. The Morgan fingerprint density at radius 1 is 1.16 bits per heavy atom. The third-order valence-electron chi connectivity index (χ3n) is 7.81. The van der Waals surface area contributed by atoms with Gasteiger partial charge in [0.1, 0.15) is 18.0 Å². The van der Waals surface area contributed by atoms with Gasteiger partial charge in [0.05, 0.1) is 33.2 Å². The number of halogens is 2. The monoisotopic (exact) mass is 618 g/mol. The first-order valence-corrected chi connectivity index (χ1v) is 14.9. The lowest BCUT2D eigenvalue weighted by Crippen LogP contribution is -2.58. The highest BCUT2D eigenvalue weighted by atomic mass is 35.5. The molecule has 1 amide bonds. The Morgan fingerprint density at radius 2 is 1.89 bits per heavy atom. The van der Waals surface area contributed by atoms with Crippen LogP contribution in [0.25, 0.3) is 28.0 Å². The number of amides is 1. The van der Waals surface area contributed by atoms with Gasteiger partial charge in [-0.05, 0) is 58.1 Å². The fourth-order valence-corrected chi connectivity index (χ4v) is 5.98. The minimum Gasteiger partial charge on any atom is -0.349 e. The number of piperazine rings is 1. The van der Waals surface area contributed by atoms with Crippen LogP contribution in [0.2, 0.25) is 5.02 Å². The van der Waals surface area contributed by atoms with Crippen molar-refractivity contribution in [2.45, 2.75) is 52.2 Å². The van der Waals surface area contributed by atoms with E-state index < -0.39 is 11.5 Å². The molecule has 1 aliphatic heterocycles. The molecule has 1 fully saturated rings. The third-order valence-corrected chi connectivity index (χ3v) is 8.10. The molecule has 0 N–H and O–H groups in total. The summed E-state index contributed by atoms with van der Waals surface area (Å²) in [6.45, 7) is 12.8. The molecule has 44 heavy (non-hydrogen) atoms. The number of hydrogen-bond acceptors (Lipinski definition) is 8. The highest BCUT2D eigenvalue weighted by Crippen LogP contribution is 2.36. The molecule has 0 bridgehead atoms. The Bertz CT molecular complexity index is 1810. The summed E-state index contributed by atoms with van der Waals surface area (Å²) in [5.74, 6) is -0.326. The van der Waals surface area contributed by atoms with Crippen molar-refractivity contribution < 1.29 is 9.18 Å². The molecule has 2 unspecified atom stereocenters. The van der Waals surface area contributed by atoms with Gasteiger partial charge in [-0.2, -0.15) is 4.98 Å². The summed E-state index contributed by atoms with van der Waals surface area (Å²) >= 11 is 6.83. The van der Waals surface area contributed by atoms with Crippen LogP contribution in [-0.2, 0) is 11.3 Å². The molecule has 1 aliphatic rings. The predicted octanol–water partition coefficient (Wildman–Crippen LogP) is 4.83. The van der Waals surface area contributed by atoms with E-state index in [4.69, 9.17) is 16.6 Å². The number of rotatable bonds is 7. The van der Waals surface area contributed by atoms with Gasteiger partial charge < -0.3 is 14.7 Å². The molecule has 2 atom stereocenters. The van der Waals surface area contributed by atoms with Crippen LogP contribution in [-0.4, -0.2) is 79.5 Å². The summed E-state index contributed by atoms with van der Waals surface area (Å²) in [5.41, 5.74) is 1.83. The predicted molar refractivity (Wildman–Crippen MR) is 171 cm³/mol. The molecule has 0 aliphatic carbocycles.